The Balaban J connectivity index is 2.22. The first kappa shape index (κ1) is 12.0. The van der Waals surface area contributed by atoms with Crippen LogP contribution in [-0.2, 0) is 0 Å². The molecule has 0 unspecified atom stereocenters. The lowest BCUT2D eigenvalue weighted by atomic mass is 10.2. The first-order chi connectivity index (χ1) is 8.63. The maximum absolute atomic E-state index is 6.14. The summed E-state index contributed by atoms with van der Waals surface area (Å²) in [6.45, 7) is 0. The third-order valence-corrected chi connectivity index (χ3v) is 3.57. The summed E-state index contributed by atoms with van der Waals surface area (Å²) in [7, 11) is 0. The molecule has 0 aliphatic rings. The average Bonchev–Trinajstić information content (AvgIpc) is 2.74. The molecule has 0 N–H and O–H groups in total. The van der Waals surface area contributed by atoms with Crippen molar-refractivity contribution in [1.82, 2.24) is 4.98 Å². The van der Waals surface area contributed by atoms with Crippen molar-refractivity contribution in [3.8, 4) is 11.5 Å². The molecule has 0 amide bonds. The van der Waals surface area contributed by atoms with Crippen LogP contribution in [-0.4, -0.2) is 4.98 Å². The normalized spacial score (nSPS) is 11.1. The predicted molar refractivity (Wildman–Crippen MR) is 77.2 cm³/mol. The summed E-state index contributed by atoms with van der Waals surface area (Å²) < 4.78 is 6.59. The fraction of sp³-hybridized carbons (Fsp3) is 0. The van der Waals surface area contributed by atoms with E-state index in [1.807, 2.05) is 12.1 Å². The van der Waals surface area contributed by atoms with E-state index in [0.29, 0.717) is 27.0 Å². The van der Waals surface area contributed by atoms with Gasteiger partial charge >= 0.3 is 0 Å². The fourth-order valence-electron chi connectivity index (χ4n) is 1.68. The van der Waals surface area contributed by atoms with Crippen molar-refractivity contribution >= 4 is 50.2 Å². The molecule has 3 aromatic rings. The standard InChI is InChI=1S/C13H6BrCl2NO/c14-7-1-3-10(16)9(5-7)13-17-11-6-8(15)2-4-12(11)18-13/h1-6H. The second-order valence-electron chi connectivity index (χ2n) is 3.76. The Kier molecular flexibility index (Phi) is 3.06. The van der Waals surface area contributed by atoms with Crippen LogP contribution in [0.3, 0.4) is 0 Å². The maximum atomic E-state index is 6.14. The molecule has 0 bridgehead atoms. The van der Waals surface area contributed by atoms with E-state index in [2.05, 4.69) is 20.9 Å². The minimum atomic E-state index is 0.485. The van der Waals surface area contributed by atoms with Crippen molar-refractivity contribution in [2.24, 2.45) is 0 Å². The zero-order chi connectivity index (χ0) is 12.7. The van der Waals surface area contributed by atoms with Crippen LogP contribution < -0.4 is 0 Å². The van der Waals surface area contributed by atoms with Crippen LogP contribution in [0.25, 0.3) is 22.6 Å². The molecule has 18 heavy (non-hydrogen) atoms. The van der Waals surface area contributed by atoms with E-state index in [4.69, 9.17) is 27.6 Å². The van der Waals surface area contributed by atoms with Gasteiger partial charge in [-0.05, 0) is 36.4 Å². The zero-order valence-electron chi connectivity index (χ0n) is 8.95. The minimum absolute atomic E-state index is 0.485. The number of fused-ring (bicyclic) bond motifs is 1. The van der Waals surface area contributed by atoms with Gasteiger partial charge in [0.2, 0.25) is 5.89 Å². The predicted octanol–water partition coefficient (Wildman–Crippen LogP) is 5.56. The smallest absolute Gasteiger partial charge is 0.228 e. The van der Waals surface area contributed by atoms with Crippen LogP contribution in [0.2, 0.25) is 10.0 Å². The Bertz CT molecular complexity index is 739. The highest BCUT2D eigenvalue weighted by Gasteiger charge is 2.12. The molecular weight excluding hydrogens is 337 g/mol. The number of oxazole rings is 1. The largest absolute Gasteiger partial charge is 0.436 e. The summed E-state index contributed by atoms with van der Waals surface area (Å²) in [5.74, 6) is 0.485. The molecule has 2 aromatic carbocycles. The molecule has 0 saturated heterocycles. The zero-order valence-corrected chi connectivity index (χ0v) is 12.1. The second-order valence-corrected chi connectivity index (χ2v) is 5.51. The van der Waals surface area contributed by atoms with Gasteiger partial charge in [-0.3, -0.25) is 0 Å². The summed E-state index contributed by atoms with van der Waals surface area (Å²) in [6.07, 6.45) is 0. The first-order valence-corrected chi connectivity index (χ1v) is 6.70. The number of rotatable bonds is 1. The van der Waals surface area contributed by atoms with Gasteiger partial charge < -0.3 is 4.42 Å². The van der Waals surface area contributed by atoms with Gasteiger partial charge in [0.1, 0.15) is 5.52 Å². The summed E-state index contributed by atoms with van der Waals surface area (Å²) in [4.78, 5) is 4.39. The van der Waals surface area contributed by atoms with Crippen molar-refractivity contribution in [2.45, 2.75) is 0 Å². The summed E-state index contributed by atoms with van der Waals surface area (Å²) in [5, 5.41) is 1.22. The third-order valence-electron chi connectivity index (χ3n) is 2.51. The Morgan fingerprint density at radius 2 is 1.89 bits per heavy atom. The molecule has 1 heterocycles. The first-order valence-electron chi connectivity index (χ1n) is 5.15. The minimum Gasteiger partial charge on any atom is -0.436 e. The van der Waals surface area contributed by atoms with Gasteiger partial charge in [0.25, 0.3) is 0 Å². The van der Waals surface area contributed by atoms with Gasteiger partial charge in [-0.15, -0.1) is 0 Å². The molecule has 0 fully saturated rings. The summed E-state index contributed by atoms with van der Waals surface area (Å²) in [6, 6.07) is 10.8. The van der Waals surface area contributed by atoms with E-state index in [1.165, 1.54) is 0 Å². The van der Waals surface area contributed by atoms with E-state index in [-0.39, 0.29) is 0 Å². The molecule has 0 radical (unpaired) electrons. The number of benzene rings is 2. The van der Waals surface area contributed by atoms with Gasteiger partial charge in [0, 0.05) is 9.50 Å². The van der Waals surface area contributed by atoms with Crippen molar-refractivity contribution in [3.05, 3.63) is 50.9 Å². The van der Waals surface area contributed by atoms with Crippen molar-refractivity contribution in [3.63, 3.8) is 0 Å². The number of nitrogens with zero attached hydrogens (tertiary/aromatic N) is 1. The van der Waals surface area contributed by atoms with Gasteiger partial charge in [-0.2, -0.15) is 0 Å². The van der Waals surface area contributed by atoms with E-state index in [0.717, 1.165) is 10.0 Å². The van der Waals surface area contributed by atoms with Crippen molar-refractivity contribution < 1.29 is 4.42 Å². The van der Waals surface area contributed by atoms with E-state index in [1.54, 1.807) is 24.3 Å². The average molecular weight is 343 g/mol. The summed E-state index contributed by atoms with van der Waals surface area (Å²) >= 11 is 15.5. The highest BCUT2D eigenvalue weighted by Crippen LogP contribution is 2.32. The molecule has 0 atom stereocenters. The number of halogens is 3. The number of hydrogen-bond acceptors (Lipinski definition) is 2. The molecular formula is C13H6BrCl2NO. The van der Waals surface area contributed by atoms with Crippen molar-refractivity contribution in [2.75, 3.05) is 0 Å². The second kappa shape index (κ2) is 4.57. The molecule has 1 aromatic heterocycles. The lowest BCUT2D eigenvalue weighted by Gasteiger charge is -1.99. The lowest BCUT2D eigenvalue weighted by Crippen LogP contribution is -1.79. The van der Waals surface area contributed by atoms with E-state index >= 15 is 0 Å². The third kappa shape index (κ3) is 2.14. The molecule has 5 heteroatoms. The molecule has 0 aliphatic heterocycles. The topological polar surface area (TPSA) is 26.0 Å². The number of hydrogen-bond donors (Lipinski definition) is 0. The van der Waals surface area contributed by atoms with Crippen molar-refractivity contribution in [1.29, 1.82) is 0 Å². The van der Waals surface area contributed by atoms with Gasteiger partial charge in [0.15, 0.2) is 5.58 Å². The van der Waals surface area contributed by atoms with Gasteiger partial charge in [0.05, 0.1) is 10.6 Å². The highest BCUT2D eigenvalue weighted by atomic mass is 79.9. The Morgan fingerprint density at radius 3 is 2.72 bits per heavy atom. The van der Waals surface area contributed by atoms with Crippen LogP contribution in [0, 0.1) is 0 Å². The fourth-order valence-corrected chi connectivity index (χ4v) is 2.40. The quantitative estimate of drug-likeness (QED) is 0.578. The molecule has 0 aliphatic carbocycles. The molecule has 2 nitrogen and oxygen atoms in total. The summed E-state index contributed by atoms with van der Waals surface area (Å²) in [5.41, 5.74) is 2.15. The van der Waals surface area contributed by atoms with E-state index in [9.17, 15) is 0 Å². The van der Waals surface area contributed by atoms with Crippen LogP contribution in [0.4, 0.5) is 0 Å². The molecule has 0 spiro atoms. The molecule has 90 valence electrons. The van der Waals surface area contributed by atoms with Crippen LogP contribution in [0.5, 0.6) is 0 Å². The monoisotopic (exact) mass is 341 g/mol. The van der Waals surface area contributed by atoms with Crippen LogP contribution >= 0.6 is 39.1 Å². The molecule has 0 saturated carbocycles. The maximum Gasteiger partial charge on any atom is 0.228 e. The number of aromatic nitrogens is 1. The Hall–Kier alpha value is -1.03. The lowest BCUT2D eigenvalue weighted by molar-refractivity contribution is 0.620. The van der Waals surface area contributed by atoms with Gasteiger partial charge in [-0.1, -0.05) is 39.1 Å². The van der Waals surface area contributed by atoms with Crippen LogP contribution in [0.15, 0.2) is 45.3 Å². The van der Waals surface area contributed by atoms with E-state index < -0.39 is 0 Å². The van der Waals surface area contributed by atoms with Crippen LogP contribution in [0.1, 0.15) is 0 Å². The highest BCUT2D eigenvalue weighted by molar-refractivity contribution is 9.10. The van der Waals surface area contributed by atoms with Gasteiger partial charge in [-0.25, -0.2) is 4.98 Å². The molecule has 3 rings (SSSR count). The Labute approximate surface area is 122 Å². The Morgan fingerprint density at radius 1 is 1.06 bits per heavy atom. The SMILES string of the molecule is Clc1ccc2oc(-c3cc(Br)ccc3Cl)nc2c1.